The molecule has 170 valence electrons. The van der Waals surface area contributed by atoms with E-state index < -0.39 is 10.0 Å². The van der Waals surface area contributed by atoms with Gasteiger partial charge in [-0.05, 0) is 50.3 Å². The van der Waals surface area contributed by atoms with Gasteiger partial charge in [0.2, 0.25) is 10.0 Å². The van der Waals surface area contributed by atoms with Crippen molar-refractivity contribution in [2.75, 3.05) is 32.6 Å². The molecule has 1 heterocycles. The number of amides is 2. The van der Waals surface area contributed by atoms with Crippen LogP contribution < -0.4 is 20.1 Å². The fourth-order valence-corrected chi connectivity index (χ4v) is 4.16. The van der Waals surface area contributed by atoms with Crippen LogP contribution in [0.2, 0.25) is 0 Å². The van der Waals surface area contributed by atoms with Crippen LogP contribution in [0, 0.1) is 0 Å². The van der Waals surface area contributed by atoms with Gasteiger partial charge < -0.3 is 20.1 Å². The van der Waals surface area contributed by atoms with Crippen LogP contribution in [0.25, 0.3) is 0 Å². The topological polar surface area (TPSA) is 97.0 Å². The highest BCUT2D eigenvalue weighted by atomic mass is 32.2. The van der Waals surface area contributed by atoms with Crippen molar-refractivity contribution in [2.45, 2.75) is 58.5 Å². The highest BCUT2D eigenvalue weighted by Crippen LogP contribution is 2.31. The number of carbonyl (C=O) groups is 1. The van der Waals surface area contributed by atoms with E-state index in [1.807, 2.05) is 32.0 Å². The molecule has 0 aromatic heterocycles. The van der Waals surface area contributed by atoms with E-state index in [4.69, 9.17) is 9.47 Å². The van der Waals surface area contributed by atoms with Crippen molar-refractivity contribution >= 4 is 16.1 Å². The van der Waals surface area contributed by atoms with E-state index >= 15 is 0 Å². The molecule has 1 saturated heterocycles. The van der Waals surface area contributed by atoms with Crippen molar-refractivity contribution < 1.29 is 22.7 Å². The molecule has 1 unspecified atom stereocenters. The Hall–Kier alpha value is -2.00. The van der Waals surface area contributed by atoms with E-state index in [9.17, 15) is 13.2 Å². The molecule has 0 radical (unpaired) electrons. The van der Waals surface area contributed by atoms with Gasteiger partial charge in [0, 0.05) is 19.1 Å². The van der Waals surface area contributed by atoms with Crippen molar-refractivity contribution in [1.29, 1.82) is 0 Å². The zero-order chi connectivity index (χ0) is 22.1. The van der Waals surface area contributed by atoms with Crippen LogP contribution in [-0.4, -0.2) is 57.4 Å². The highest BCUT2D eigenvalue weighted by molar-refractivity contribution is 7.88. The maximum absolute atomic E-state index is 12.4. The zero-order valence-corrected chi connectivity index (χ0v) is 19.3. The van der Waals surface area contributed by atoms with Crippen molar-refractivity contribution in [2.24, 2.45) is 0 Å². The molecule has 1 aliphatic rings. The molecular formula is C21H35N3O5S. The number of urea groups is 1. The summed E-state index contributed by atoms with van der Waals surface area (Å²) in [7, 11) is -3.17. The lowest BCUT2D eigenvalue weighted by atomic mass is 10.1. The summed E-state index contributed by atoms with van der Waals surface area (Å²) in [4.78, 5) is 12.4. The molecule has 2 N–H and O–H groups in total. The molecule has 9 heteroatoms. The Morgan fingerprint density at radius 3 is 2.30 bits per heavy atom. The van der Waals surface area contributed by atoms with Gasteiger partial charge in [0.15, 0.2) is 11.5 Å². The Morgan fingerprint density at radius 2 is 1.73 bits per heavy atom. The quantitative estimate of drug-likeness (QED) is 0.582. The average Bonchev–Trinajstić information content (AvgIpc) is 2.70. The van der Waals surface area contributed by atoms with Gasteiger partial charge in [0.1, 0.15) is 0 Å². The first kappa shape index (κ1) is 24.3. The summed E-state index contributed by atoms with van der Waals surface area (Å²) in [5, 5.41) is 5.90. The third kappa shape index (κ3) is 7.36. The molecule has 8 nitrogen and oxygen atoms in total. The first-order valence-corrected chi connectivity index (χ1v) is 12.5. The third-order valence-corrected chi connectivity index (χ3v) is 6.30. The molecule has 0 bridgehead atoms. The van der Waals surface area contributed by atoms with Gasteiger partial charge in [-0.3, -0.25) is 0 Å². The van der Waals surface area contributed by atoms with Gasteiger partial charge in [-0.1, -0.05) is 19.9 Å². The minimum absolute atomic E-state index is 0.0385. The second kappa shape index (κ2) is 11.4. The summed E-state index contributed by atoms with van der Waals surface area (Å²) in [6, 6.07) is 5.21. The highest BCUT2D eigenvalue weighted by Gasteiger charge is 2.26. The third-order valence-electron chi connectivity index (χ3n) is 5.00. The van der Waals surface area contributed by atoms with E-state index in [0.717, 1.165) is 18.4 Å². The first-order chi connectivity index (χ1) is 14.2. The molecule has 1 aromatic rings. The number of hydrogen-bond donors (Lipinski definition) is 2. The SMILES string of the molecule is CCCOc1ccc(C(C)NC(=O)NC2CCN(S(C)(=O)=O)CC2)cc1OCCC. The Morgan fingerprint density at radius 1 is 1.13 bits per heavy atom. The van der Waals surface area contributed by atoms with Gasteiger partial charge in [0.05, 0.1) is 25.5 Å². The van der Waals surface area contributed by atoms with Crippen molar-refractivity contribution in [3.8, 4) is 11.5 Å². The molecule has 0 spiro atoms. The standard InChI is InChI=1S/C21H35N3O5S/c1-5-13-28-19-8-7-17(15-20(19)29-14-6-2)16(3)22-21(25)23-18-9-11-24(12-10-18)30(4,26)27/h7-8,15-16,18H,5-6,9-14H2,1-4H3,(H2,22,23,25). The van der Waals surface area contributed by atoms with Crippen LogP contribution in [0.3, 0.4) is 0 Å². The number of hydrogen-bond acceptors (Lipinski definition) is 5. The summed E-state index contributed by atoms with van der Waals surface area (Å²) in [6.07, 6.45) is 4.23. The zero-order valence-electron chi connectivity index (χ0n) is 18.4. The fraction of sp³-hybridized carbons (Fsp3) is 0.667. The van der Waals surface area contributed by atoms with E-state index in [1.165, 1.54) is 10.6 Å². The maximum atomic E-state index is 12.4. The number of piperidine rings is 1. The molecule has 0 saturated carbocycles. The van der Waals surface area contributed by atoms with Crippen LogP contribution in [0.1, 0.15) is 58.1 Å². The normalized spacial score (nSPS) is 16.7. The minimum Gasteiger partial charge on any atom is -0.490 e. The molecule has 0 aliphatic carbocycles. The molecule has 30 heavy (non-hydrogen) atoms. The summed E-state index contributed by atoms with van der Waals surface area (Å²) in [5.74, 6) is 1.40. The summed E-state index contributed by atoms with van der Waals surface area (Å²) in [5.41, 5.74) is 0.923. The van der Waals surface area contributed by atoms with Crippen LogP contribution in [0.15, 0.2) is 18.2 Å². The van der Waals surface area contributed by atoms with E-state index in [-0.39, 0.29) is 18.1 Å². The fourth-order valence-electron chi connectivity index (χ4n) is 3.29. The molecule has 1 fully saturated rings. The lowest BCUT2D eigenvalue weighted by Gasteiger charge is -2.31. The lowest BCUT2D eigenvalue weighted by molar-refractivity contribution is 0.225. The predicted molar refractivity (Wildman–Crippen MR) is 118 cm³/mol. The van der Waals surface area contributed by atoms with Crippen molar-refractivity contribution in [3.05, 3.63) is 23.8 Å². The van der Waals surface area contributed by atoms with E-state index in [0.29, 0.717) is 50.6 Å². The van der Waals surface area contributed by atoms with E-state index in [1.54, 1.807) is 0 Å². The van der Waals surface area contributed by atoms with E-state index in [2.05, 4.69) is 17.6 Å². The molecule has 1 atom stereocenters. The molecule has 2 amide bonds. The van der Waals surface area contributed by atoms with Crippen LogP contribution in [-0.2, 0) is 10.0 Å². The number of rotatable bonds is 10. The van der Waals surface area contributed by atoms with Crippen LogP contribution >= 0.6 is 0 Å². The number of sulfonamides is 1. The summed E-state index contributed by atoms with van der Waals surface area (Å²) >= 11 is 0. The monoisotopic (exact) mass is 441 g/mol. The van der Waals surface area contributed by atoms with Gasteiger partial charge in [0.25, 0.3) is 0 Å². The first-order valence-electron chi connectivity index (χ1n) is 10.7. The number of benzene rings is 1. The second-order valence-corrected chi connectivity index (χ2v) is 9.66. The molecular weight excluding hydrogens is 406 g/mol. The number of nitrogens with zero attached hydrogens (tertiary/aromatic N) is 1. The van der Waals surface area contributed by atoms with Crippen LogP contribution in [0.5, 0.6) is 11.5 Å². The lowest BCUT2D eigenvalue weighted by Crippen LogP contribution is -2.49. The largest absolute Gasteiger partial charge is 0.490 e. The van der Waals surface area contributed by atoms with Gasteiger partial charge in [-0.15, -0.1) is 0 Å². The molecule has 1 aromatic carbocycles. The maximum Gasteiger partial charge on any atom is 0.315 e. The Bertz CT molecular complexity index is 792. The second-order valence-electron chi connectivity index (χ2n) is 7.68. The number of ether oxygens (including phenoxy) is 2. The summed E-state index contributed by atoms with van der Waals surface area (Å²) < 4.78 is 36.2. The Balaban J connectivity index is 1.93. The van der Waals surface area contributed by atoms with Crippen LogP contribution in [0.4, 0.5) is 4.79 Å². The molecule has 1 aliphatic heterocycles. The number of carbonyl (C=O) groups excluding carboxylic acids is 1. The predicted octanol–water partition coefficient (Wildman–Crippen LogP) is 3.05. The van der Waals surface area contributed by atoms with Crippen molar-refractivity contribution in [1.82, 2.24) is 14.9 Å². The Kier molecular flexibility index (Phi) is 9.23. The van der Waals surface area contributed by atoms with Gasteiger partial charge >= 0.3 is 6.03 Å². The minimum atomic E-state index is -3.17. The summed E-state index contributed by atoms with van der Waals surface area (Å²) in [6.45, 7) is 8.09. The average molecular weight is 442 g/mol. The Labute approximate surface area is 180 Å². The smallest absolute Gasteiger partial charge is 0.315 e. The van der Waals surface area contributed by atoms with Gasteiger partial charge in [-0.2, -0.15) is 0 Å². The van der Waals surface area contributed by atoms with Gasteiger partial charge in [-0.25, -0.2) is 17.5 Å². The van der Waals surface area contributed by atoms with Crippen molar-refractivity contribution in [3.63, 3.8) is 0 Å². The molecule has 2 rings (SSSR count). The number of nitrogens with one attached hydrogen (secondary N) is 2.